The van der Waals surface area contributed by atoms with Gasteiger partial charge in [-0.3, -0.25) is 9.59 Å². The minimum atomic E-state index is -1.13. The van der Waals surface area contributed by atoms with E-state index >= 15 is 0 Å². The standard InChI is InChI=1S/C22H20F2N2O4/c1-2-30-16-6-3-14(4-7-16)19-20(25-9-11-29-12-10-25)22(28)26(21(19)27)15-5-8-17(23)18(24)13-15/h3-8,13H,2,9-12H2,1H3. The highest BCUT2D eigenvalue weighted by Crippen LogP contribution is 2.36. The van der Waals surface area contributed by atoms with Crippen LogP contribution in [0.3, 0.4) is 0 Å². The van der Waals surface area contributed by atoms with Crippen LogP contribution in [-0.4, -0.2) is 49.6 Å². The third-order valence-corrected chi connectivity index (χ3v) is 5.00. The zero-order valence-corrected chi connectivity index (χ0v) is 16.4. The first-order valence-corrected chi connectivity index (χ1v) is 9.65. The summed E-state index contributed by atoms with van der Waals surface area (Å²) in [4.78, 5) is 29.3. The Kier molecular flexibility index (Phi) is 5.50. The minimum Gasteiger partial charge on any atom is -0.494 e. The Labute approximate surface area is 172 Å². The van der Waals surface area contributed by atoms with Gasteiger partial charge in [0, 0.05) is 19.2 Å². The van der Waals surface area contributed by atoms with Crippen molar-refractivity contribution in [3.05, 3.63) is 65.4 Å². The molecule has 0 aliphatic carbocycles. The van der Waals surface area contributed by atoms with E-state index in [-0.39, 0.29) is 17.0 Å². The molecule has 2 aliphatic rings. The molecule has 0 spiro atoms. The summed E-state index contributed by atoms with van der Waals surface area (Å²) in [6.07, 6.45) is 0. The van der Waals surface area contributed by atoms with Gasteiger partial charge in [0.2, 0.25) is 0 Å². The fraction of sp³-hybridized carbons (Fsp3) is 0.273. The van der Waals surface area contributed by atoms with Gasteiger partial charge in [-0.05, 0) is 36.8 Å². The van der Waals surface area contributed by atoms with Crippen LogP contribution in [0.1, 0.15) is 12.5 Å². The van der Waals surface area contributed by atoms with Crippen molar-refractivity contribution in [1.82, 2.24) is 4.90 Å². The predicted molar refractivity (Wildman–Crippen MR) is 106 cm³/mol. The van der Waals surface area contributed by atoms with Gasteiger partial charge in [0.05, 0.1) is 31.1 Å². The zero-order chi connectivity index (χ0) is 21.3. The number of anilines is 1. The molecule has 2 aromatic carbocycles. The van der Waals surface area contributed by atoms with E-state index in [1.807, 2.05) is 6.92 Å². The van der Waals surface area contributed by atoms with Gasteiger partial charge < -0.3 is 14.4 Å². The summed E-state index contributed by atoms with van der Waals surface area (Å²) in [5.74, 6) is -2.70. The Morgan fingerprint density at radius 2 is 1.67 bits per heavy atom. The first-order valence-electron chi connectivity index (χ1n) is 9.65. The monoisotopic (exact) mass is 414 g/mol. The number of rotatable bonds is 5. The average Bonchev–Trinajstić information content (AvgIpc) is 3.02. The van der Waals surface area contributed by atoms with Crippen LogP contribution in [-0.2, 0) is 14.3 Å². The number of halogens is 2. The fourth-order valence-corrected chi connectivity index (χ4v) is 3.60. The van der Waals surface area contributed by atoms with Crippen LogP contribution < -0.4 is 9.64 Å². The van der Waals surface area contributed by atoms with Crippen molar-refractivity contribution in [2.45, 2.75) is 6.92 Å². The van der Waals surface area contributed by atoms with Crippen molar-refractivity contribution in [3.63, 3.8) is 0 Å². The largest absolute Gasteiger partial charge is 0.494 e. The maximum atomic E-state index is 13.8. The first kappa shape index (κ1) is 20.0. The molecule has 30 heavy (non-hydrogen) atoms. The first-order chi connectivity index (χ1) is 14.5. The third-order valence-electron chi connectivity index (χ3n) is 5.00. The van der Waals surface area contributed by atoms with Gasteiger partial charge in [-0.25, -0.2) is 13.7 Å². The summed E-state index contributed by atoms with van der Waals surface area (Å²) in [7, 11) is 0. The molecular formula is C22H20F2N2O4. The molecule has 0 aromatic heterocycles. The molecule has 0 N–H and O–H groups in total. The Morgan fingerprint density at radius 3 is 2.30 bits per heavy atom. The van der Waals surface area contributed by atoms with E-state index in [4.69, 9.17) is 9.47 Å². The van der Waals surface area contributed by atoms with Gasteiger partial charge in [-0.15, -0.1) is 0 Å². The summed E-state index contributed by atoms with van der Waals surface area (Å²) in [6, 6.07) is 9.83. The van der Waals surface area contributed by atoms with Crippen molar-refractivity contribution in [2.75, 3.05) is 37.8 Å². The highest BCUT2D eigenvalue weighted by atomic mass is 19.2. The second kappa shape index (κ2) is 8.23. The lowest BCUT2D eigenvalue weighted by Crippen LogP contribution is -2.40. The summed E-state index contributed by atoms with van der Waals surface area (Å²) < 4.78 is 38.0. The summed E-state index contributed by atoms with van der Waals surface area (Å²) >= 11 is 0. The molecule has 0 atom stereocenters. The van der Waals surface area contributed by atoms with E-state index < -0.39 is 23.4 Å². The second-order valence-electron chi connectivity index (χ2n) is 6.82. The number of carbonyl (C=O) groups excluding carboxylic acids is 2. The van der Waals surface area contributed by atoms with E-state index in [0.29, 0.717) is 44.2 Å². The summed E-state index contributed by atoms with van der Waals surface area (Å²) in [5, 5.41) is 0. The van der Waals surface area contributed by atoms with Crippen LogP contribution in [0.2, 0.25) is 0 Å². The number of morpholine rings is 1. The van der Waals surface area contributed by atoms with Crippen LogP contribution in [0.25, 0.3) is 5.57 Å². The highest BCUT2D eigenvalue weighted by molar-refractivity contribution is 6.45. The van der Waals surface area contributed by atoms with E-state index in [1.54, 1.807) is 29.2 Å². The number of hydrogen-bond donors (Lipinski definition) is 0. The maximum absolute atomic E-state index is 13.8. The van der Waals surface area contributed by atoms with Gasteiger partial charge in [0.15, 0.2) is 11.6 Å². The fourth-order valence-electron chi connectivity index (χ4n) is 3.60. The van der Waals surface area contributed by atoms with Gasteiger partial charge in [-0.1, -0.05) is 12.1 Å². The van der Waals surface area contributed by atoms with Crippen molar-refractivity contribution >= 4 is 23.1 Å². The molecule has 0 bridgehead atoms. The van der Waals surface area contributed by atoms with Gasteiger partial charge in [0.25, 0.3) is 11.8 Å². The molecule has 8 heteroatoms. The summed E-state index contributed by atoms with van der Waals surface area (Å²) in [5.41, 5.74) is 0.978. The van der Waals surface area contributed by atoms with Crippen LogP contribution >= 0.6 is 0 Å². The minimum absolute atomic E-state index is 0.0180. The lowest BCUT2D eigenvalue weighted by molar-refractivity contribution is -0.121. The molecule has 2 aliphatic heterocycles. The topological polar surface area (TPSA) is 59.1 Å². The molecule has 2 aromatic rings. The molecule has 1 saturated heterocycles. The van der Waals surface area contributed by atoms with Crippen LogP contribution in [0, 0.1) is 11.6 Å². The molecule has 2 amide bonds. The second-order valence-corrected chi connectivity index (χ2v) is 6.82. The van der Waals surface area contributed by atoms with Crippen molar-refractivity contribution in [3.8, 4) is 5.75 Å². The number of benzene rings is 2. The Morgan fingerprint density at radius 1 is 0.967 bits per heavy atom. The smallest absolute Gasteiger partial charge is 0.282 e. The maximum Gasteiger partial charge on any atom is 0.282 e. The molecule has 6 nitrogen and oxygen atoms in total. The van der Waals surface area contributed by atoms with Crippen molar-refractivity contribution in [1.29, 1.82) is 0 Å². The molecular weight excluding hydrogens is 394 g/mol. The number of carbonyl (C=O) groups is 2. The van der Waals surface area contributed by atoms with E-state index in [9.17, 15) is 18.4 Å². The number of hydrogen-bond acceptors (Lipinski definition) is 5. The Bertz CT molecular complexity index is 1010. The van der Waals surface area contributed by atoms with E-state index in [2.05, 4.69) is 0 Å². The Hall–Kier alpha value is -3.26. The molecule has 0 radical (unpaired) electrons. The zero-order valence-electron chi connectivity index (χ0n) is 16.4. The van der Waals surface area contributed by atoms with E-state index in [0.717, 1.165) is 17.0 Å². The molecule has 0 unspecified atom stereocenters. The lowest BCUT2D eigenvalue weighted by atomic mass is 10.0. The quantitative estimate of drug-likeness (QED) is 0.704. The third kappa shape index (κ3) is 3.54. The summed E-state index contributed by atoms with van der Waals surface area (Å²) in [6.45, 7) is 4.11. The van der Waals surface area contributed by atoms with Gasteiger partial charge in [0.1, 0.15) is 11.4 Å². The molecule has 2 heterocycles. The van der Waals surface area contributed by atoms with Crippen molar-refractivity contribution in [2.24, 2.45) is 0 Å². The van der Waals surface area contributed by atoms with Crippen molar-refractivity contribution < 1.29 is 27.8 Å². The SMILES string of the molecule is CCOc1ccc(C2=C(N3CCOCC3)C(=O)N(c3ccc(F)c(F)c3)C2=O)cc1. The van der Waals surface area contributed by atoms with Crippen LogP contribution in [0.4, 0.5) is 14.5 Å². The van der Waals surface area contributed by atoms with Crippen LogP contribution in [0.5, 0.6) is 5.75 Å². The predicted octanol–water partition coefficient (Wildman–Crippen LogP) is 2.98. The normalized spacial score (nSPS) is 17.2. The number of amides is 2. The molecule has 0 saturated carbocycles. The van der Waals surface area contributed by atoms with E-state index in [1.165, 1.54) is 6.07 Å². The number of ether oxygens (including phenoxy) is 2. The molecule has 156 valence electrons. The molecule has 1 fully saturated rings. The van der Waals surface area contributed by atoms with Gasteiger partial charge in [-0.2, -0.15) is 0 Å². The van der Waals surface area contributed by atoms with Crippen LogP contribution in [0.15, 0.2) is 48.2 Å². The molecule has 4 rings (SSSR count). The number of imide groups is 1. The highest BCUT2D eigenvalue weighted by Gasteiger charge is 2.43. The Balaban J connectivity index is 1.79. The van der Waals surface area contributed by atoms with Gasteiger partial charge >= 0.3 is 0 Å². The lowest BCUT2D eigenvalue weighted by Gasteiger charge is -2.29. The number of nitrogens with zero attached hydrogens (tertiary/aromatic N) is 2. The average molecular weight is 414 g/mol.